The predicted octanol–water partition coefficient (Wildman–Crippen LogP) is 7.52. The number of fused-ring (bicyclic) bond motifs is 1. The zero-order valence-electron chi connectivity index (χ0n) is 22.7. The van der Waals surface area contributed by atoms with Crippen molar-refractivity contribution in [3.63, 3.8) is 0 Å². The maximum Gasteiger partial charge on any atom is 0.338 e. The fourth-order valence-electron chi connectivity index (χ4n) is 4.60. The highest BCUT2D eigenvalue weighted by Gasteiger charge is 2.33. The van der Waals surface area contributed by atoms with E-state index in [0.29, 0.717) is 45.3 Å². The topological polar surface area (TPSA) is 69.9 Å². The second-order valence-corrected chi connectivity index (χ2v) is 13.1. The zero-order valence-corrected chi connectivity index (χ0v) is 28.2. The summed E-state index contributed by atoms with van der Waals surface area (Å²) >= 11 is 20.8. The maximum atomic E-state index is 13.9. The van der Waals surface area contributed by atoms with Crippen molar-refractivity contribution in [3.8, 4) is 5.75 Å². The third-order valence-electron chi connectivity index (χ3n) is 6.62. The van der Waals surface area contributed by atoms with E-state index in [0.717, 1.165) is 22.3 Å². The molecule has 0 radical (unpaired) electrons. The molecule has 0 saturated heterocycles. The lowest BCUT2D eigenvalue weighted by atomic mass is 9.95. The molecule has 0 fully saturated rings. The Labute approximate surface area is 273 Å². The molecule has 0 spiro atoms. The van der Waals surface area contributed by atoms with E-state index in [9.17, 15) is 9.59 Å². The molecule has 0 amide bonds. The molecule has 3 aromatic carbocycles. The monoisotopic (exact) mass is 748 g/mol. The van der Waals surface area contributed by atoms with Gasteiger partial charge in [-0.3, -0.25) is 9.36 Å². The molecule has 1 aliphatic heterocycles. The number of aryl methyl sites for hydroxylation is 1. The van der Waals surface area contributed by atoms with Crippen LogP contribution in [0.2, 0.25) is 10.0 Å². The number of nitrogens with zero attached hydrogens (tertiary/aromatic N) is 2. The van der Waals surface area contributed by atoms with Crippen LogP contribution in [0, 0.1) is 6.92 Å². The lowest BCUT2D eigenvalue weighted by molar-refractivity contribution is -0.139. The Kier molecular flexibility index (Phi) is 9.44. The van der Waals surface area contributed by atoms with Crippen LogP contribution in [0.25, 0.3) is 6.08 Å². The van der Waals surface area contributed by atoms with Gasteiger partial charge in [0.15, 0.2) is 4.80 Å². The molecule has 11 heteroatoms. The Hall–Kier alpha value is -2.69. The van der Waals surface area contributed by atoms with Gasteiger partial charge in [-0.15, -0.1) is 0 Å². The van der Waals surface area contributed by atoms with Gasteiger partial charge >= 0.3 is 5.97 Å². The van der Waals surface area contributed by atoms with Gasteiger partial charge < -0.3 is 9.47 Å². The van der Waals surface area contributed by atoms with Gasteiger partial charge in [-0.2, -0.15) is 0 Å². The summed E-state index contributed by atoms with van der Waals surface area (Å²) in [5.41, 5.74) is 4.08. The third-order valence-corrected chi connectivity index (χ3v) is 9.36. The van der Waals surface area contributed by atoms with Crippen molar-refractivity contribution in [2.45, 2.75) is 33.4 Å². The van der Waals surface area contributed by atoms with E-state index in [1.165, 1.54) is 11.3 Å². The van der Waals surface area contributed by atoms with Gasteiger partial charge in [-0.05, 0) is 94.1 Å². The van der Waals surface area contributed by atoms with Crippen LogP contribution in [0.15, 0.2) is 84.6 Å². The molecule has 0 aliphatic carbocycles. The van der Waals surface area contributed by atoms with Gasteiger partial charge in [0.2, 0.25) is 0 Å². The molecule has 1 aromatic heterocycles. The number of ether oxygens (including phenoxy) is 2. The molecule has 5 rings (SSSR count). The number of allylic oxidation sites excluding steroid dienone is 1. The summed E-state index contributed by atoms with van der Waals surface area (Å²) in [5, 5.41) is 1.07. The van der Waals surface area contributed by atoms with E-state index in [1.807, 2.05) is 49.4 Å². The smallest absolute Gasteiger partial charge is 0.338 e. The van der Waals surface area contributed by atoms with Gasteiger partial charge in [0.05, 0.1) is 37.4 Å². The Bertz CT molecular complexity index is 1890. The molecule has 1 aliphatic rings. The maximum absolute atomic E-state index is 13.9. The summed E-state index contributed by atoms with van der Waals surface area (Å²) in [5.74, 6) is 0.107. The summed E-state index contributed by atoms with van der Waals surface area (Å²) < 4.78 is 14.9. The summed E-state index contributed by atoms with van der Waals surface area (Å²) in [6.07, 6.45) is 1.80. The normalized spacial score (nSPS) is 14.9. The average molecular weight is 751 g/mol. The van der Waals surface area contributed by atoms with Crippen molar-refractivity contribution in [1.82, 2.24) is 4.57 Å². The van der Waals surface area contributed by atoms with Crippen molar-refractivity contribution in [1.29, 1.82) is 0 Å². The van der Waals surface area contributed by atoms with E-state index in [1.54, 1.807) is 36.6 Å². The molecule has 4 aromatic rings. The first-order chi connectivity index (χ1) is 20.1. The molecule has 2 heterocycles. The minimum absolute atomic E-state index is 0.219. The largest absolute Gasteiger partial charge is 0.486 e. The van der Waals surface area contributed by atoms with E-state index in [2.05, 4.69) is 36.9 Å². The molecule has 0 bridgehead atoms. The van der Waals surface area contributed by atoms with Crippen LogP contribution in [0.3, 0.4) is 0 Å². The first-order valence-corrected chi connectivity index (χ1v) is 16.0. The van der Waals surface area contributed by atoms with E-state index in [-0.39, 0.29) is 18.8 Å². The Morgan fingerprint density at radius 1 is 1.07 bits per heavy atom. The standard InChI is InChI=1S/C31H24Br2Cl2N2O4S/c1-4-40-30(39)26-17(3)36-31-37(27(26)19-7-5-16(2)6-8-19)29(38)25(42-31)13-18-11-22(32)28(23(33)12-18)41-15-20-9-10-21(34)14-24(20)35/h5-14,27H,4,15H2,1-3H3/b25-13+/t27-/m0/s1. The van der Waals surface area contributed by atoms with Crippen LogP contribution in [0.1, 0.15) is 42.1 Å². The number of benzene rings is 3. The number of carbonyl (C=O) groups is 1. The highest BCUT2D eigenvalue weighted by atomic mass is 79.9. The summed E-state index contributed by atoms with van der Waals surface area (Å²) in [6, 6.07) is 16.1. The van der Waals surface area contributed by atoms with Crippen molar-refractivity contribution in [3.05, 3.63) is 127 Å². The molecule has 0 saturated carbocycles. The number of aromatic nitrogens is 1. The number of halogens is 4. The van der Waals surface area contributed by atoms with Gasteiger partial charge in [-0.25, -0.2) is 9.79 Å². The van der Waals surface area contributed by atoms with Crippen LogP contribution in [-0.4, -0.2) is 17.1 Å². The SMILES string of the molecule is CCOC(=O)C1=C(C)N=c2s/c(=C/c3cc(Br)c(OCc4ccc(Cl)cc4Cl)c(Br)c3)c(=O)n2[C@H]1c1ccc(C)cc1. The van der Waals surface area contributed by atoms with Crippen LogP contribution in [0.4, 0.5) is 0 Å². The number of esters is 1. The lowest BCUT2D eigenvalue weighted by Gasteiger charge is -2.24. The molecule has 42 heavy (non-hydrogen) atoms. The Morgan fingerprint density at radius 2 is 1.76 bits per heavy atom. The molecule has 0 N–H and O–H groups in total. The Balaban J connectivity index is 1.54. The Morgan fingerprint density at radius 3 is 2.40 bits per heavy atom. The third kappa shape index (κ3) is 6.31. The first-order valence-electron chi connectivity index (χ1n) is 12.9. The van der Waals surface area contributed by atoms with Crippen molar-refractivity contribution in [2.75, 3.05) is 6.61 Å². The van der Waals surface area contributed by atoms with Crippen molar-refractivity contribution < 1.29 is 14.3 Å². The molecule has 1 atom stereocenters. The molecular formula is C31H24Br2Cl2N2O4S. The van der Waals surface area contributed by atoms with Crippen LogP contribution in [-0.2, 0) is 16.1 Å². The minimum Gasteiger partial charge on any atom is -0.486 e. The number of thiazole rings is 1. The van der Waals surface area contributed by atoms with Crippen LogP contribution in [0.5, 0.6) is 5.75 Å². The molecule has 6 nitrogen and oxygen atoms in total. The zero-order chi connectivity index (χ0) is 30.1. The first kappa shape index (κ1) is 30.8. The number of carbonyl (C=O) groups excluding carboxylic acids is 1. The second-order valence-electron chi connectivity index (χ2n) is 9.55. The van der Waals surface area contributed by atoms with Gasteiger partial charge in [-0.1, -0.05) is 70.4 Å². The quantitative estimate of drug-likeness (QED) is 0.184. The average Bonchev–Trinajstić information content (AvgIpc) is 3.23. The summed E-state index contributed by atoms with van der Waals surface area (Å²) in [7, 11) is 0. The van der Waals surface area contributed by atoms with E-state index >= 15 is 0 Å². The van der Waals surface area contributed by atoms with E-state index < -0.39 is 12.0 Å². The van der Waals surface area contributed by atoms with Gasteiger partial charge in [0.1, 0.15) is 12.4 Å². The molecule has 216 valence electrons. The van der Waals surface area contributed by atoms with E-state index in [4.69, 9.17) is 32.7 Å². The fourth-order valence-corrected chi connectivity index (χ4v) is 7.56. The molecular weight excluding hydrogens is 727 g/mol. The summed E-state index contributed by atoms with van der Waals surface area (Å²) in [4.78, 5) is 32.1. The summed E-state index contributed by atoms with van der Waals surface area (Å²) in [6.45, 7) is 5.98. The van der Waals surface area contributed by atoms with Crippen molar-refractivity contribution in [2.24, 2.45) is 4.99 Å². The second kappa shape index (κ2) is 12.9. The van der Waals surface area contributed by atoms with Gasteiger partial charge in [0.25, 0.3) is 5.56 Å². The van der Waals surface area contributed by atoms with Crippen LogP contribution < -0.4 is 19.6 Å². The lowest BCUT2D eigenvalue weighted by Crippen LogP contribution is -2.39. The number of hydrogen-bond acceptors (Lipinski definition) is 6. The number of hydrogen-bond donors (Lipinski definition) is 0. The van der Waals surface area contributed by atoms with Crippen molar-refractivity contribution >= 4 is 78.4 Å². The highest BCUT2D eigenvalue weighted by molar-refractivity contribution is 9.11. The highest BCUT2D eigenvalue weighted by Crippen LogP contribution is 2.36. The minimum atomic E-state index is -0.656. The number of rotatable bonds is 7. The van der Waals surface area contributed by atoms with Gasteiger partial charge in [0, 0.05) is 15.6 Å². The fraction of sp³-hybridized carbons (Fsp3) is 0.194. The molecule has 0 unspecified atom stereocenters. The predicted molar refractivity (Wildman–Crippen MR) is 174 cm³/mol. The van der Waals surface area contributed by atoms with Crippen LogP contribution >= 0.6 is 66.4 Å².